The van der Waals surface area contributed by atoms with Gasteiger partial charge in [0, 0.05) is 6.42 Å². The maximum Gasteiger partial charge on any atom is 0.508 e. The molecule has 0 spiro atoms. The quantitative estimate of drug-likeness (QED) is 0.315. The van der Waals surface area contributed by atoms with Gasteiger partial charge in [-0.15, -0.1) is 12.3 Å². The average molecular weight is 127 g/mol. The highest BCUT2D eigenvalue weighted by Crippen LogP contribution is 1.84. The van der Waals surface area contributed by atoms with E-state index in [2.05, 4.69) is 22.5 Å². The summed E-state index contributed by atoms with van der Waals surface area (Å²) in [7, 11) is 2.84. The van der Waals surface area contributed by atoms with Crippen LogP contribution in [0.4, 0.5) is 4.79 Å². The van der Waals surface area contributed by atoms with Gasteiger partial charge in [-0.2, -0.15) is 0 Å². The van der Waals surface area contributed by atoms with E-state index in [1.54, 1.807) is 0 Å². The molecule has 0 aliphatic heterocycles. The highest BCUT2D eigenvalue weighted by molar-refractivity contribution is 5.59. The highest BCUT2D eigenvalue weighted by atomic mass is 16.7. The van der Waals surface area contributed by atoms with Gasteiger partial charge in [0.2, 0.25) is 0 Å². The van der Waals surface area contributed by atoms with Crippen molar-refractivity contribution in [2.24, 2.45) is 0 Å². The molecule has 0 heterocycles. The molecule has 0 saturated carbocycles. The van der Waals surface area contributed by atoms with E-state index in [-0.39, 0.29) is 6.61 Å². The Balaban J connectivity index is 3.09. The molecular weight excluding hydrogens is 120 g/mol. The largest absolute Gasteiger partial charge is 0.508 e. The SMILES string of the molecule is C#CCCOC(=O)O[CH2]. The smallest absolute Gasteiger partial charge is 0.433 e. The molecule has 0 N–H and O–H groups in total. The first kappa shape index (κ1) is 7.83. The van der Waals surface area contributed by atoms with Crippen LogP contribution in [0.2, 0.25) is 0 Å². The summed E-state index contributed by atoms with van der Waals surface area (Å²) >= 11 is 0. The minimum absolute atomic E-state index is 0.185. The molecule has 0 saturated heterocycles. The van der Waals surface area contributed by atoms with Crippen LogP contribution >= 0.6 is 0 Å². The molecule has 0 aromatic heterocycles. The molecule has 0 amide bonds. The van der Waals surface area contributed by atoms with Gasteiger partial charge in [-0.05, 0) is 0 Å². The van der Waals surface area contributed by atoms with Crippen LogP contribution < -0.4 is 0 Å². The van der Waals surface area contributed by atoms with E-state index in [9.17, 15) is 4.79 Å². The Morgan fingerprint density at radius 3 is 2.89 bits per heavy atom. The molecule has 3 nitrogen and oxygen atoms in total. The molecule has 49 valence electrons. The van der Waals surface area contributed by atoms with Crippen molar-refractivity contribution in [2.45, 2.75) is 6.42 Å². The summed E-state index contributed by atoms with van der Waals surface area (Å²) < 4.78 is 8.28. The van der Waals surface area contributed by atoms with Gasteiger partial charge in [0.25, 0.3) is 0 Å². The van der Waals surface area contributed by atoms with Crippen LogP contribution in [0.1, 0.15) is 6.42 Å². The molecule has 9 heavy (non-hydrogen) atoms. The molecule has 0 bridgehead atoms. The third-order valence-corrected chi connectivity index (χ3v) is 0.584. The van der Waals surface area contributed by atoms with Gasteiger partial charge in [0.15, 0.2) is 0 Å². The van der Waals surface area contributed by atoms with Crippen LogP contribution in [0.25, 0.3) is 0 Å². The number of terminal acetylenes is 1. The zero-order valence-electron chi connectivity index (χ0n) is 4.92. The second-order valence-electron chi connectivity index (χ2n) is 1.20. The van der Waals surface area contributed by atoms with Gasteiger partial charge in [0.1, 0.15) is 13.7 Å². The molecule has 0 aliphatic rings. The summed E-state index contributed by atoms with van der Waals surface area (Å²) in [4.78, 5) is 10.1. The lowest BCUT2D eigenvalue weighted by Crippen LogP contribution is -2.03. The standard InChI is InChI=1S/C6H7O3/c1-3-4-5-9-6(7)8-2/h1H,2,4-5H2. The zero-order valence-corrected chi connectivity index (χ0v) is 4.92. The third kappa shape index (κ3) is 4.69. The van der Waals surface area contributed by atoms with Crippen LogP contribution in [-0.2, 0) is 9.47 Å². The second kappa shape index (κ2) is 4.98. The average Bonchev–Trinajstić information content (AvgIpc) is 1.89. The van der Waals surface area contributed by atoms with Crippen LogP contribution in [0.3, 0.4) is 0 Å². The number of ether oxygens (including phenoxy) is 2. The van der Waals surface area contributed by atoms with Crippen molar-refractivity contribution in [3.05, 3.63) is 7.11 Å². The van der Waals surface area contributed by atoms with E-state index in [0.29, 0.717) is 6.42 Å². The third-order valence-electron chi connectivity index (χ3n) is 0.584. The maximum atomic E-state index is 10.1. The molecular formula is C6H7O3. The number of carbonyl (C=O) groups is 1. The van der Waals surface area contributed by atoms with Crippen molar-refractivity contribution in [2.75, 3.05) is 6.61 Å². The minimum Gasteiger partial charge on any atom is -0.433 e. The van der Waals surface area contributed by atoms with Gasteiger partial charge >= 0.3 is 6.16 Å². The van der Waals surface area contributed by atoms with Crippen molar-refractivity contribution in [3.63, 3.8) is 0 Å². The monoisotopic (exact) mass is 127 g/mol. The molecule has 0 aliphatic carbocycles. The molecule has 0 aromatic carbocycles. The Bertz CT molecular complexity index is 123. The lowest BCUT2D eigenvalue weighted by atomic mass is 10.5. The van der Waals surface area contributed by atoms with Crippen molar-refractivity contribution in [1.29, 1.82) is 0 Å². The van der Waals surface area contributed by atoms with E-state index in [0.717, 1.165) is 0 Å². The second-order valence-corrected chi connectivity index (χ2v) is 1.20. The Morgan fingerprint density at radius 1 is 1.78 bits per heavy atom. The van der Waals surface area contributed by atoms with Crippen LogP contribution in [-0.4, -0.2) is 12.8 Å². The molecule has 3 heteroatoms. The fraction of sp³-hybridized carbons (Fsp3) is 0.333. The Morgan fingerprint density at radius 2 is 2.44 bits per heavy atom. The highest BCUT2D eigenvalue weighted by Gasteiger charge is 1.96. The summed E-state index contributed by atoms with van der Waals surface area (Å²) in [6.45, 7) is 0.185. The van der Waals surface area contributed by atoms with E-state index in [4.69, 9.17) is 6.42 Å². The molecule has 1 radical (unpaired) electrons. The molecule has 0 aromatic rings. The van der Waals surface area contributed by atoms with Crippen LogP contribution in [0.5, 0.6) is 0 Å². The van der Waals surface area contributed by atoms with Crippen LogP contribution in [0.15, 0.2) is 0 Å². The Labute approximate surface area is 54.0 Å². The van der Waals surface area contributed by atoms with Crippen molar-refractivity contribution < 1.29 is 14.3 Å². The summed E-state index contributed by atoms with van der Waals surface area (Å²) in [6.07, 6.45) is 4.46. The van der Waals surface area contributed by atoms with Gasteiger partial charge in [-0.1, -0.05) is 0 Å². The summed E-state index contributed by atoms with van der Waals surface area (Å²) in [5.41, 5.74) is 0. The summed E-state index contributed by atoms with van der Waals surface area (Å²) in [5.74, 6) is 2.29. The normalized spacial score (nSPS) is 7.56. The van der Waals surface area contributed by atoms with Gasteiger partial charge in [0.05, 0.1) is 0 Å². The Hall–Kier alpha value is -1.17. The van der Waals surface area contributed by atoms with Crippen LogP contribution in [0, 0.1) is 19.5 Å². The fourth-order valence-corrected chi connectivity index (χ4v) is 0.235. The maximum absolute atomic E-state index is 10.1. The molecule has 0 rings (SSSR count). The fourth-order valence-electron chi connectivity index (χ4n) is 0.235. The van der Waals surface area contributed by atoms with E-state index < -0.39 is 6.16 Å². The first-order chi connectivity index (χ1) is 4.31. The Kier molecular flexibility index (Phi) is 4.33. The zero-order chi connectivity index (χ0) is 7.11. The number of hydrogen-bond donors (Lipinski definition) is 0. The predicted octanol–water partition coefficient (Wildman–Crippen LogP) is 0.954. The van der Waals surface area contributed by atoms with Crippen molar-refractivity contribution in [1.82, 2.24) is 0 Å². The lowest BCUT2D eigenvalue weighted by molar-refractivity contribution is 0.0849. The van der Waals surface area contributed by atoms with Gasteiger partial charge in [-0.3, -0.25) is 0 Å². The first-order valence-electron chi connectivity index (χ1n) is 2.33. The van der Waals surface area contributed by atoms with E-state index in [1.807, 2.05) is 0 Å². The molecule has 0 unspecified atom stereocenters. The summed E-state index contributed by atoms with van der Waals surface area (Å²) in [5, 5.41) is 0. The molecule has 0 atom stereocenters. The topological polar surface area (TPSA) is 35.5 Å². The number of hydrogen-bond acceptors (Lipinski definition) is 3. The predicted molar refractivity (Wildman–Crippen MR) is 31.2 cm³/mol. The van der Waals surface area contributed by atoms with Crippen molar-refractivity contribution in [3.8, 4) is 12.3 Å². The van der Waals surface area contributed by atoms with E-state index in [1.165, 1.54) is 0 Å². The number of carbonyl (C=O) groups excluding carboxylic acids is 1. The van der Waals surface area contributed by atoms with Crippen molar-refractivity contribution >= 4 is 6.16 Å². The lowest BCUT2D eigenvalue weighted by Gasteiger charge is -1.97. The van der Waals surface area contributed by atoms with Gasteiger partial charge in [-0.25, -0.2) is 4.79 Å². The van der Waals surface area contributed by atoms with E-state index >= 15 is 0 Å². The summed E-state index contributed by atoms with van der Waals surface area (Å²) in [6, 6.07) is 0. The molecule has 0 fully saturated rings. The minimum atomic E-state index is -0.801. The van der Waals surface area contributed by atoms with Gasteiger partial charge < -0.3 is 9.47 Å². The first-order valence-corrected chi connectivity index (χ1v) is 2.33. The number of rotatable bonds is 2.